The zero-order valence-corrected chi connectivity index (χ0v) is 28.4. The fourth-order valence-corrected chi connectivity index (χ4v) is 10.5. The summed E-state index contributed by atoms with van der Waals surface area (Å²) >= 11 is 0. The molecule has 4 aliphatic carbocycles. The first-order chi connectivity index (χ1) is 22.0. The van der Waals surface area contributed by atoms with E-state index in [4.69, 9.17) is 17.2 Å². The molecule has 0 heterocycles. The number of nitrogens with one attached hydrogen (secondary N) is 2. The Morgan fingerprint density at radius 2 is 1.61 bits per heavy atom. The molecule has 8 N–H and O–H groups in total. The number of nitrogens with two attached hydrogens (primary N) is 3. The van der Waals surface area contributed by atoms with E-state index in [0.717, 1.165) is 82.1 Å². The first-order valence-corrected chi connectivity index (χ1v) is 18.0. The minimum Gasteiger partial charge on any atom is -0.399 e. The average molecular weight is 628 g/mol. The number of benzene rings is 2. The molecule has 6 rings (SSSR count). The average Bonchev–Trinajstić information content (AvgIpc) is 3.03. The molecular formula is C39H57N5O2. The Balaban J connectivity index is 1.15. The standard InChI is InChI=1S/C39H57N5O2/c1-37(18-7-20-39(3)31-22-27(41)14-10-25(31)13-17-34(37)39)24-43-35(45)29-8-6-19-38(2)30(29)16-12-26-11-15-28(23-32(26)38)44-36(46)33(42)9-4-5-21-40/h10-11,14-15,22-23,29-30,33-34H,4-9,12-13,16-21,24,40-42H2,1-3H3,(H,43,45)(H,44,46)/t29?,30?,33?,34?,37-,38?,39?/m1/s1. The minimum absolute atomic E-state index is 0.00608. The summed E-state index contributed by atoms with van der Waals surface area (Å²) in [5.41, 5.74) is 25.3. The highest BCUT2D eigenvalue weighted by molar-refractivity contribution is 5.94. The highest BCUT2D eigenvalue weighted by atomic mass is 16.2. The van der Waals surface area contributed by atoms with E-state index in [1.807, 2.05) is 12.1 Å². The van der Waals surface area contributed by atoms with Crippen LogP contribution in [0.4, 0.5) is 11.4 Å². The number of hydrogen-bond donors (Lipinski definition) is 5. The predicted molar refractivity (Wildman–Crippen MR) is 187 cm³/mol. The molecule has 2 saturated carbocycles. The summed E-state index contributed by atoms with van der Waals surface area (Å²) in [5.74, 6) is 0.900. The molecule has 7 heteroatoms. The topological polar surface area (TPSA) is 136 Å². The van der Waals surface area contributed by atoms with Crippen molar-refractivity contribution in [3.63, 3.8) is 0 Å². The Kier molecular flexibility index (Phi) is 9.30. The van der Waals surface area contributed by atoms with Crippen molar-refractivity contribution in [2.75, 3.05) is 24.1 Å². The van der Waals surface area contributed by atoms with Crippen molar-refractivity contribution >= 4 is 23.2 Å². The van der Waals surface area contributed by atoms with Crippen LogP contribution in [0.3, 0.4) is 0 Å². The van der Waals surface area contributed by atoms with Gasteiger partial charge in [-0.3, -0.25) is 9.59 Å². The van der Waals surface area contributed by atoms with Crippen LogP contribution in [-0.2, 0) is 33.3 Å². The lowest BCUT2D eigenvalue weighted by molar-refractivity contribution is -0.131. The van der Waals surface area contributed by atoms with Crippen molar-refractivity contribution in [1.82, 2.24) is 5.32 Å². The fraction of sp³-hybridized carbons (Fsp3) is 0.641. The number of hydrogen-bond acceptors (Lipinski definition) is 5. The number of carbonyl (C=O) groups is 2. The summed E-state index contributed by atoms with van der Waals surface area (Å²) in [4.78, 5) is 27.0. The molecule has 0 aromatic heterocycles. The summed E-state index contributed by atoms with van der Waals surface area (Å²) < 4.78 is 0. The number of unbranched alkanes of at least 4 members (excludes halogenated alkanes) is 1. The number of amides is 2. The number of aryl methyl sites for hydroxylation is 2. The second-order valence-corrected chi connectivity index (χ2v) is 16.0. The van der Waals surface area contributed by atoms with Crippen molar-refractivity contribution in [3.8, 4) is 0 Å². The van der Waals surface area contributed by atoms with Crippen molar-refractivity contribution in [1.29, 1.82) is 0 Å². The normalized spacial score (nSPS) is 32.2. The van der Waals surface area contributed by atoms with Crippen LogP contribution in [0.15, 0.2) is 36.4 Å². The molecule has 2 aromatic rings. The van der Waals surface area contributed by atoms with Gasteiger partial charge in [-0.1, -0.05) is 52.2 Å². The highest BCUT2D eigenvalue weighted by Crippen LogP contribution is 2.57. The van der Waals surface area contributed by atoms with Crippen LogP contribution in [0.5, 0.6) is 0 Å². The second-order valence-electron chi connectivity index (χ2n) is 16.0. The van der Waals surface area contributed by atoms with Gasteiger partial charge in [-0.05, 0) is 145 Å². The third-order valence-corrected chi connectivity index (χ3v) is 13.0. The SMILES string of the molecule is CC12CCCC(C(=O)NC[C@@]3(C)CCCC4(C)c5cc(N)ccc5CCC43)C1CCc1ccc(NC(=O)C(N)CCCCN)cc12. The Hall–Kier alpha value is -2.90. The number of carbonyl (C=O) groups excluding carboxylic acids is 2. The van der Waals surface area contributed by atoms with Gasteiger partial charge in [-0.25, -0.2) is 0 Å². The van der Waals surface area contributed by atoms with E-state index in [1.54, 1.807) is 0 Å². The van der Waals surface area contributed by atoms with Crippen LogP contribution in [0, 0.1) is 23.2 Å². The van der Waals surface area contributed by atoms with Gasteiger partial charge < -0.3 is 27.8 Å². The summed E-state index contributed by atoms with van der Waals surface area (Å²) in [7, 11) is 0. The van der Waals surface area contributed by atoms with Gasteiger partial charge >= 0.3 is 0 Å². The number of rotatable bonds is 9. The smallest absolute Gasteiger partial charge is 0.241 e. The van der Waals surface area contributed by atoms with Crippen LogP contribution in [0.25, 0.3) is 0 Å². The van der Waals surface area contributed by atoms with Crippen LogP contribution >= 0.6 is 0 Å². The second kappa shape index (κ2) is 13.0. The molecule has 0 radical (unpaired) electrons. The lowest BCUT2D eigenvalue weighted by Gasteiger charge is -2.56. The predicted octanol–water partition coefficient (Wildman–Crippen LogP) is 6.11. The number of fused-ring (bicyclic) bond motifs is 6. The molecule has 2 amide bonds. The quantitative estimate of drug-likeness (QED) is 0.169. The fourth-order valence-electron chi connectivity index (χ4n) is 10.5. The van der Waals surface area contributed by atoms with Crippen LogP contribution in [0.1, 0.15) is 114 Å². The first kappa shape index (κ1) is 33.0. The highest BCUT2D eigenvalue weighted by Gasteiger charge is 2.53. The zero-order chi connectivity index (χ0) is 32.7. The van der Waals surface area contributed by atoms with Crippen LogP contribution in [-0.4, -0.2) is 30.9 Å². The van der Waals surface area contributed by atoms with Gasteiger partial charge in [-0.2, -0.15) is 0 Å². The molecular weight excluding hydrogens is 570 g/mol. The van der Waals surface area contributed by atoms with Gasteiger partial charge in [0.25, 0.3) is 0 Å². The molecule has 0 aliphatic heterocycles. The van der Waals surface area contributed by atoms with Crippen molar-refractivity contribution in [2.24, 2.45) is 34.6 Å². The van der Waals surface area contributed by atoms with Gasteiger partial charge in [0.15, 0.2) is 0 Å². The molecule has 2 aromatic carbocycles. The lowest BCUT2D eigenvalue weighted by Crippen LogP contribution is -2.55. The van der Waals surface area contributed by atoms with Gasteiger partial charge in [0.05, 0.1) is 6.04 Å². The third kappa shape index (κ3) is 5.98. The maximum atomic E-state index is 14.2. The molecule has 46 heavy (non-hydrogen) atoms. The van der Waals surface area contributed by atoms with Gasteiger partial charge in [0.2, 0.25) is 11.8 Å². The largest absolute Gasteiger partial charge is 0.399 e. The maximum Gasteiger partial charge on any atom is 0.241 e. The van der Waals surface area contributed by atoms with Gasteiger partial charge in [-0.15, -0.1) is 0 Å². The monoisotopic (exact) mass is 627 g/mol. The van der Waals surface area contributed by atoms with Crippen molar-refractivity contribution in [3.05, 3.63) is 58.7 Å². The Morgan fingerprint density at radius 1 is 0.891 bits per heavy atom. The minimum atomic E-state index is -0.543. The summed E-state index contributed by atoms with van der Waals surface area (Å²) in [6.07, 6.45) is 13.1. The van der Waals surface area contributed by atoms with E-state index in [1.165, 1.54) is 35.1 Å². The molecule has 6 unspecified atom stereocenters. The molecule has 250 valence electrons. The van der Waals surface area contributed by atoms with Crippen molar-refractivity contribution < 1.29 is 9.59 Å². The molecule has 0 bridgehead atoms. The van der Waals surface area contributed by atoms with E-state index in [9.17, 15) is 9.59 Å². The third-order valence-electron chi connectivity index (χ3n) is 13.0. The molecule has 2 fully saturated rings. The van der Waals surface area contributed by atoms with E-state index in [0.29, 0.717) is 18.9 Å². The van der Waals surface area contributed by atoms with E-state index in [2.05, 4.69) is 55.7 Å². The van der Waals surface area contributed by atoms with Crippen LogP contribution in [0.2, 0.25) is 0 Å². The molecule has 7 atom stereocenters. The summed E-state index contributed by atoms with van der Waals surface area (Å²) in [6, 6.07) is 12.3. The van der Waals surface area contributed by atoms with Crippen molar-refractivity contribution in [2.45, 2.75) is 121 Å². The number of nitrogen functional groups attached to an aromatic ring is 1. The Bertz CT molecular complexity index is 1460. The van der Waals surface area contributed by atoms with E-state index < -0.39 is 6.04 Å². The summed E-state index contributed by atoms with van der Waals surface area (Å²) in [6.45, 7) is 8.59. The van der Waals surface area contributed by atoms with E-state index >= 15 is 0 Å². The van der Waals surface area contributed by atoms with Crippen LogP contribution < -0.4 is 27.8 Å². The summed E-state index contributed by atoms with van der Waals surface area (Å²) in [5, 5.41) is 6.63. The van der Waals surface area contributed by atoms with Gasteiger partial charge in [0.1, 0.15) is 0 Å². The Labute approximate surface area is 276 Å². The molecule has 0 spiro atoms. The van der Waals surface area contributed by atoms with E-state index in [-0.39, 0.29) is 39.9 Å². The number of anilines is 2. The maximum absolute atomic E-state index is 14.2. The van der Waals surface area contributed by atoms with Gasteiger partial charge in [0, 0.05) is 23.8 Å². The molecule has 7 nitrogen and oxygen atoms in total. The zero-order valence-electron chi connectivity index (χ0n) is 28.4. The molecule has 4 aliphatic rings. The first-order valence-electron chi connectivity index (χ1n) is 18.0. The molecule has 0 saturated heterocycles. The Morgan fingerprint density at radius 3 is 2.39 bits per heavy atom. The lowest BCUT2D eigenvalue weighted by atomic mass is 9.49.